The Balaban J connectivity index is 1.16. The van der Waals surface area contributed by atoms with Crippen LogP contribution in [0.25, 0.3) is 11.7 Å². The lowest BCUT2D eigenvalue weighted by Gasteiger charge is -2.54. The molecule has 4 bridgehead atoms. The fraction of sp³-hybridized carbons (Fsp3) is 0.611. The molecule has 0 radical (unpaired) electrons. The van der Waals surface area contributed by atoms with E-state index in [-0.39, 0.29) is 5.91 Å². The van der Waals surface area contributed by atoms with Crippen LogP contribution in [-0.4, -0.2) is 27.9 Å². The van der Waals surface area contributed by atoms with Crippen LogP contribution in [0.4, 0.5) is 0 Å². The van der Waals surface area contributed by atoms with Crippen LogP contribution < -0.4 is 5.32 Å². The van der Waals surface area contributed by atoms with Gasteiger partial charge in [-0.05, 0) is 67.9 Å². The van der Waals surface area contributed by atoms with E-state index in [9.17, 15) is 4.79 Å². The van der Waals surface area contributed by atoms with Crippen molar-refractivity contribution in [1.29, 1.82) is 0 Å². The topological polar surface area (TPSA) is 81.2 Å². The number of furan rings is 1. The summed E-state index contributed by atoms with van der Waals surface area (Å²) in [4.78, 5) is 12.4. The van der Waals surface area contributed by atoms with Gasteiger partial charge in [-0.1, -0.05) is 11.8 Å². The zero-order valence-corrected chi connectivity index (χ0v) is 14.7. The zero-order valence-electron chi connectivity index (χ0n) is 13.9. The quantitative estimate of drug-likeness (QED) is 0.825. The molecule has 0 aliphatic heterocycles. The van der Waals surface area contributed by atoms with Gasteiger partial charge in [0.15, 0.2) is 5.76 Å². The molecule has 4 aliphatic carbocycles. The molecule has 132 valence electrons. The second-order valence-corrected chi connectivity index (χ2v) is 8.59. The number of carbonyl (C=O) groups excluding carboxylic acids is 1. The second kappa shape index (κ2) is 6.20. The Kier molecular flexibility index (Phi) is 3.84. The molecular formula is C18H21N3O3S. The van der Waals surface area contributed by atoms with Crippen LogP contribution in [0.3, 0.4) is 0 Å². The molecule has 0 saturated heterocycles. The third-order valence-electron chi connectivity index (χ3n) is 6.02. The first-order chi connectivity index (χ1) is 12.2. The highest BCUT2D eigenvalue weighted by atomic mass is 32.2. The SMILES string of the molecule is O=C(CSc1nnc(-c2ccco2)o1)NC1C2CC3CC(C2)CC1C3. The molecule has 0 unspecified atom stereocenters. The van der Waals surface area contributed by atoms with Gasteiger partial charge in [-0.2, -0.15) is 0 Å². The number of carbonyl (C=O) groups is 1. The first-order valence-electron chi connectivity index (χ1n) is 9.04. The molecule has 1 amide bonds. The van der Waals surface area contributed by atoms with Crippen molar-refractivity contribution in [3.63, 3.8) is 0 Å². The van der Waals surface area contributed by atoms with Gasteiger partial charge in [-0.15, -0.1) is 10.2 Å². The summed E-state index contributed by atoms with van der Waals surface area (Å²) in [5.41, 5.74) is 0. The van der Waals surface area contributed by atoms with E-state index in [0.717, 1.165) is 11.8 Å². The van der Waals surface area contributed by atoms with Crippen LogP contribution in [0.1, 0.15) is 32.1 Å². The fourth-order valence-corrected chi connectivity index (χ4v) is 5.86. The molecule has 1 N–H and O–H groups in total. The zero-order chi connectivity index (χ0) is 16.8. The van der Waals surface area contributed by atoms with Crippen molar-refractivity contribution in [1.82, 2.24) is 15.5 Å². The molecule has 0 atom stereocenters. The number of hydrogen-bond acceptors (Lipinski definition) is 6. The van der Waals surface area contributed by atoms with E-state index in [1.165, 1.54) is 43.9 Å². The van der Waals surface area contributed by atoms with Crippen LogP contribution in [0.5, 0.6) is 0 Å². The molecule has 2 aromatic rings. The molecule has 4 aliphatic rings. The summed E-state index contributed by atoms with van der Waals surface area (Å²) in [6.07, 6.45) is 8.22. The fourth-order valence-electron chi connectivity index (χ4n) is 5.28. The molecule has 0 aromatic carbocycles. The van der Waals surface area contributed by atoms with Gasteiger partial charge in [0.05, 0.1) is 12.0 Å². The summed E-state index contributed by atoms with van der Waals surface area (Å²) in [5, 5.41) is 11.6. The van der Waals surface area contributed by atoms with E-state index in [1.54, 1.807) is 18.4 Å². The Morgan fingerprint density at radius 1 is 1.16 bits per heavy atom. The lowest BCUT2D eigenvalue weighted by Crippen LogP contribution is -2.56. The van der Waals surface area contributed by atoms with E-state index in [4.69, 9.17) is 8.83 Å². The van der Waals surface area contributed by atoms with Crippen molar-refractivity contribution in [3.05, 3.63) is 18.4 Å². The van der Waals surface area contributed by atoms with Gasteiger partial charge in [0, 0.05) is 6.04 Å². The number of hydrogen-bond donors (Lipinski definition) is 1. The minimum absolute atomic E-state index is 0.0697. The first-order valence-corrected chi connectivity index (χ1v) is 10.0. The Morgan fingerprint density at radius 3 is 2.60 bits per heavy atom. The van der Waals surface area contributed by atoms with Gasteiger partial charge in [-0.25, -0.2) is 0 Å². The highest BCUT2D eigenvalue weighted by molar-refractivity contribution is 7.99. The smallest absolute Gasteiger partial charge is 0.284 e. The highest BCUT2D eigenvalue weighted by Crippen LogP contribution is 2.53. The Bertz CT molecular complexity index is 729. The van der Waals surface area contributed by atoms with Crippen LogP contribution in [0.2, 0.25) is 0 Å². The first kappa shape index (κ1) is 15.5. The van der Waals surface area contributed by atoms with Crippen LogP contribution >= 0.6 is 11.8 Å². The molecule has 4 saturated carbocycles. The Morgan fingerprint density at radius 2 is 1.92 bits per heavy atom. The number of aromatic nitrogens is 2. The molecular weight excluding hydrogens is 338 g/mol. The maximum atomic E-state index is 12.4. The summed E-state index contributed by atoms with van der Waals surface area (Å²) in [6.45, 7) is 0. The monoisotopic (exact) mass is 359 g/mol. The molecule has 2 aromatic heterocycles. The number of thioether (sulfide) groups is 1. The Hall–Kier alpha value is -1.76. The third-order valence-corrected chi connectivity index (χ3v) is 6.84. The van der Waals surface area contributed by atoms with Gasteiger partial charge >= 0.3 is 0 Å². The predicted molar refractivity (Wildman–Crippen MR) is 91.7 cm³/mol. The standard InChI is InChI=1S/C18H21N3O3S/c22-15(9-25-18-21-20-17(24-18)14-2-1-3-23-14)19-16-12-5-10-4-11(7-12)8-13(16)6-10/h1-3,10-13,16H,4-9H2,(H,19,22). The Labute approximate surface area is 150 Å². The van der Waals surface area contributed by atoms with Crippen LogP contribution in [0.15, 0.2) is 32.5 Å². The van der Waals surface area contributed by atoms with E-state index in [1.807, 2.05) is 0 Å². The van der Waals surface area contributed by atoms with Gasteiger partial charge < -0.3 is 14.2 Å². The largest absolute Gasteiger partial charge is 0.459 e. The van der Waals surface area contributed by atoms with Gasteiger partial charge in [0.2, 0.25) is 5.91 Å². The minimum Gasteiger partial charge on any atom is -0.459 e. The number of rotatable bonds is 5. The average Bonchev–Trinajstić information content (AvgIpc) is 3.26. The molecule has 4 fully saturated rings. The van der Waals surface area contributed by atoms with Crippen LogP contribution in [0, 0.1) is 23.7 Å². The van der Waals surface area contributed by atoms with Crippen LogP contribution in [-0.2, 0) is 4.79 Å². The number of nitrogens with one attached hydrogen (secondary N) is 1. The maximum Gasteiger partial charge on any atom is 0.284 e. The molecule has 7 heteroatoms. The van der Waals surface area contributed by atoms with Crippen molar-refractivity contribution >= 4 is 17.7 Å². The van der Waals surface area contributed by atoms with Gasteiger partial charge in [-0.3, -0.25) is 4.79 Å². The third kappa shape index (κ3) is 2.99. The van der Waals surface area contributed by atoms with E-state index < -0.39 is 0 Å². The van der Waals surface area contributed by atoms with E-state index in [0.29, 0.717) is 40.5 Å². The summed E-state index contributed by atoms with van der Waals surface area (Å²) in [5.74, 6) is 4.49. The lowest BCUT2D eigenvalue weighted by atomic mass is 9.54. The van der Waals surface area contributed by atoms with Gasteiger partial charge in [0.25, 0.3) is 11.1 Å². The van der Waals surface area contributed by atoms with Crippen molar-refractivity contribution in [2.45, 2.75) is 43.4 Å². The summed E-state index contributed by atoms with van der Waals surface area (Å²) >= 11 is 1.28. The maximum absolute atomic E-state index is 12.4. The molecule has 25 heavy (non-hydrogen) atoms. The van der Waals surface area contributed by atoms with Gasteiger partial charge in [0.1, 0.15) is 0 Å². The average molecular weight is 359 g/mol. The summed E-state index contributed by atoms with van der Waals surface area (Å²) < 4.78 is 10.8. The number of amides is 1. The summed E-state index contributed by atoms with van der Waals surface area (Å²) in [7, 11) is 0. The van der Waals surface area contributed by atoms with Crippen molar-refractivity contribution in [2.24, 2.45) is 23.7 Å². The molecule has 2 heterocycles. The lowest BCUT2D eigenvalue weighted by molar-refractivity contribution is -0.122. The highest BCUT2D eigenvalue weighted by Gasteiger charge is 2.48. The molecule has 6 nitrogen and oxygen atoms in total. The van der Waals surface area contributed by atoms with E-state index in [2.05, 4.69) is 15.5 Å². The predicted octanol–water partition coefficient (Wildman–Crippen LogP) is 3.36. The van der Waals surface area contributed by atoms with Crippen molar-refractivity contribution < 1.29 is 13.6 Å². The van der Waals surface area contributed by atoms with E-state index >= 15 is 0 Å². The van der Waals surface area contributed by atoms with Crippen molar-refractivity contribution in [3.8, 4) is 11.7 Å². The normalized spacial score (nSPS) is 32.9. The molecule has 0 spiro atoms. The van der Waals surface area contributed by atoms with Crippen molar-refractivity contribution in [2.75, 3.05) is 5.75 Å². The molecule has 6 rings (SSSR count). The second-order valence-electron chi connectivity index (χ2n) is 7.66. The number of nitrogens with zero attached hydrogens (tertiary/aromatic N) is 2. The minimum atomic E-state index is 0.0697. The summed E-state index contributed by atoms with van der Waals surface area (Å²) in [6, 6.07) is 3.91.